The zero-order valence-electron chi connectivity index (χ0n) is 17.0. The minimum atomic E-state index is 0. The van der Waals surface area contributed by atoms with Crippen LogP contribution in [0.4, 0.5) is 5.95 Å². The fourth-order valence-corrected chi connectivity index (χ4v) is 3.75. The summed E-state index contributed by atoms with van der Waals surface area (Å²) in [4.78, 5) is 15.9. The molecule has 154 valence electrons. The van der Waals surface area contributed by atoms with Gasteiger partial charge in [0, 0.05) is 67.5 Å². The van der Waals surface area contributed by atoms with Crippen molar-refractivity contribution >= 4 is 35.9 Å². The van der Waals surface area contributed by atoms with Gasteiger partial charge in [0.15, 0.2) is 5.96 Å². The van der Waals surface area contributed by atoms with Gasteiger partial charge in [0.25, 0.3) is 0 Å². The molecule has 2 saturated heterocycles. The van der Waals surface area contributed by atoms with E-state index in [9.17, 15) is 0 Å². The number of guanidine groups is 1. The Kier molecular flexibility index (Phi) is 8.62. The lowest BCUT2D eigenvalue weighted by atomic mass is 10.1. The summed E-state index contributed by atoms with van der Waals surface area (Å²) in [5.74, 6) is 2.65. The van der Waals surface area contributed by atoms with E-state index in [2.05, 4.69) is 29.7 Å². The summed E-state index contributed by atoms with van der Waals surface area (Å²) in [6, 6.07) is 0. The molecule has 27 heavy (non-hydrogen) atoms. The highest BCUT2D eigenvalue weighted by atomic mass is 127. The van der Waals surface area contributed by atoms with Gasteiger partial charge in [-0.3, -0.25) is 9.89 Å². The molecule has 1 atom stereocenters. The highest BCUT2D eigenvalue weighted by molar-refractivity contribution is 14.0. The standard InChI is InChI=1S/C18H33N7O.HI/c1-19-17(20-11-16-12-21-18(22(2)3)23(16)4)25-8-6-24(7-9-25)13-15-5-10-26-14-15;/h12,15H,5-11,13-14H2,1-4H3,(H,19,20);1H. The Labute approximate surface area is 180 Å². The van der Waals surface area contributed by atoms with Crippen molar-refractivity contribution < 1.29 is 4.74 Å². The average Bonchev–Trinajstić information content (AvgIpc) is 3.27. The summed E-state index contributed by atoms with van der Waals surface area (Å²) in [5, 5.41) is 3.49. The first kappa shape index (κ1) is 22.2. The molecule has 0 spiro atoms. The molecule has 2 fully saturated rings. The van der Waals surface area contributed by atoms with Crippen molar-refractivity contribution in [2.75, 3.05) is 72.0 Å². The van der Waals surface area contributed by atoms with Gasteiger partial charge < -0.3 is 24.4 Å². The first-order valence-electron chi connectivity index (χ1n) is 9.52. The fourth-order valence-electron chi connectivity index (χ4n) is 3.75. The molecule has 0 aliphatic carbocycles. The number of halogens is 1. The molecule has 1 N–H and O–H groups in total. The highest BCUT2D eigenvalue weighted by Gasteiger charge is 2.24. The number of anilines is 1. The summed E-state index contributed by atoms with van der Waals surface area (Å²) in [6.45, 7) is 7.98. The summed E-state index contributed by atoms with van der Waals surface area (Å²) >= 11 is 0. The molecular weight excluding hydrogens is 457 g/mol. The lowest BCUT2D eigenvalue weighted by Crippen LogP contribution is -2.53. The van der Waals surface area contributed by atoms with Gasteiger partial charge in [0.05, 0.1) is 25.0 Å². The number of piperazine rings is 1. The van der Waals surface area contributed by atoms with E-state index < -0.39 is 0 Å². The molecule has 0 bridgehead atoms. The van der Waals surface area contributed by atoms with E-state index in [0.717, 1.165) is 69.5 Å². The van der Waals surface area contributed by atoms with Crippen LogP contribution in [0, 0.1) is 5.92 Å². The van der Waals surface area contributed by atoms with Crippen LogP contribution in [0.1, 0.15) is 12.1 Å². The Morgan fingerprint density at radius 2 is 2.07 bits per heavy atom. The maximum absolute atomic E-state index is 5.50. The Morgan fingerprint density at radius 3 is 2.63 bits per heavy atom. The lowest BCUT2D eigenvalue weighted by molar-refractivity contribution is 0.139. The van der Waals surface area contributed by atoms with Crippen LogP contribution in [-0.2, 0) is 18.3 Å². The lowest BCUT2D eigenvalue weighted by Gasteiger charge is -2.37. The second-order valence-electron chi connectivity index (χ2n) is 7.42. The molecule has 1 aromatic rings. The van der Waals surface area contributed by atoms with Crippen LogP contribution in [0.5, 0.6) is 0 Å². The molecule has 3 rings (SSSR count). The summed E-state index contributed by atoms with van der Waals surface area (Å²) < 4.78 is 7.61. The van der Waals surface area contributed by atoms with E-state index in [4.69, 9.17) is 4.74 Å². The monoisotopic (exact) mass is 491 g/mol. The van der Waals surface area contributed by atoms with Crippen molar-refractivity contribution in [3.8, 4) is 0 Å². The van der Waals surface area contributed by atoms with E-state index in [-0.39, 0.29) is 24.0 Å². The van der Waals surface area contributed by atoms with Gasteiger partial charge in [-0.15, -0.1) is 24.0 Å². The average molecular weight is 491 g/mol. The van der Waals surface area contributed by atoms with Gasteiger partial charge in [-0.25, -0.2) is 4.98 Å². The molecule has 1 aromatic heterocycles. The van der Waals surface area contributed by atoms with Crippen molar-refractivity contribution in [3.63, 3.8) is 0 Å². The number of hydrogen-bond acceptors (Lipinski definition) is 5. The highest BCUT2D eigenvalue weighted by Crippen LogP contribution is 2.15. The largest absolute Gasteiger partial charge is 0.381 e. The Hall–Kier alpha value is -1.07. The predicted octanol–water partition coefficient (Wildman–Crippen LogP) is 0.834. The van der Waals surface area contributed by atoms with Crippen molar-refractivity contribution in [1.29, 1.82) is 0 Å². The number of aromatic nitrogens is 2. The van der Waals surface area contributed by atoms with E-state index >= 15 is 0 Å². The molecule has 0 aromatic carbocycles. The third kappa shape index (κ3) is 5.71. The van der Waals surface area contributed by atoms with Gasteiger partial charge in [-0.2, -0.15) is 0 Å². The smallest absolute Gasteiger partial charge is 0.204 e. The SMILES string of the molecule is CN=C(NCc1cnc(N(C)C)n1C)N1CCN(CC2CCOC2)CC1.I. The third-order valence-corrected chi connectivity index (χ3v) is 5.31. The van der Waals surface area contributed by atoms with Gasteiger partial charge in [-0.05, 0) is 12.3 Å². The molecule has 9 heteroatoms. The van der Waals surface area contributed by atoms with E-state index in [1.807, 2.05) is 39.3 Å². The molecule has 2 aliphatic rings. The van der Waals surface area contributed by atoms with Crippen molar-refractivity contribution in [2.24, 2.45) is 18.0 Å². The molecule has 2 aliphatic heterocycles. The van der Waals surface area contributed by atoms with Crippen LogP contribution in [0.25, 0.3) is 0 Å². The summed E-state index contributed by atoms with van der Waals surface area (Å²) in [7, 11) is 7.93. The van der Waals surface area contributed by atoms with Gasteiger partial charge in [-0.1, -0.05) is 0 Å². The molecule has 0 amide bonds. The normalized spacial score (nSPS) is 21.3. The Bertz CT molecular complexity index is 605. The zero-order chi connectivity index (χ0) is 18.5. The molecular formula is C18H34IN7O. The maximum Gasteiger partial charge on any atom is 0.204 e. The number of nitrogens with one attached hydrogen (secondary N) is 1. The molecule has 1 unspecified atom stereocenters. The summed E-state index contributed by atoms with van der Waals surface area (Å²) in [5.41, 5.74) is 1.15. The number of imidazole rings is 1. The van der Waals surface area contributed by atoms with E-state index in [0.29, 0.717) is 0 Å². The van der Waals surface area contributed by atoms with Crippen LogP contribution in [-0.4, -0.2) is 92.4 Å². The van der Waals surface area contributed by atoms with Crippen LogP contribution in [0.2, 0.25) is 0 Å². The number of ether oxygens (including phenoxy) is 1. The van der Waals surface area contributed by atoms with Crippen molar-refractivity contribution in [2.45, 2.75) is 13.0 Å². The molecule has 0 radical (unpaired) electrons. The van der Waals surface area contributed by atoms with E-state index in [1.165, 1.54) is 13.0 Å². The van der Waals surface area contributed by atoms with Crippen LogP contribution < -0.4 is 10.2 Å². The van der Waals surface area contributed by atoms with Crippen molar-refractivity contribution in [3.05, 3.63) is 11.9 Å². The Balaban J connectivity index is 0.00000261. The minimum Gasteiger partial charge on any atom is -0.381 e. The molecule has 0 saturated carbocycles. The predicted molar refractivity (Wildman–Crippen MR) is 120 cm³/mol. The molecule has 8 nitrogen and oxygen atoms in total. The van der Waals surface area contributed by atoms with E-state index in [1.54, 1.807) is 0 Å². The van der Waals surface area contributed by atoms with Gasteiger partial charge in [0.2, 0.25) is 5.95 Å². The Morgan fingerprint density at radius 1 is 1.33 bits per heavy atom. The third-order valence-electron chi connectivity index (χ3n) is 5.31. The quantitative estimate of drug-likeness (QED) is 0.374. The maximum atomic E-state index is 5.50. The number of hydrogen-bond donors (Lipinski definition) is 1. The molecule has 3 heterocycles. The minimum absolute atomic E-state index is 0. The second-order valence-corrected chi connectivity index (χ2v) is 7.42. The number of rotatable bonds is 5. The second kappa shape index (κ2) is 10.5. The van der Waals surface area contributed by atoms with Crippen molar-refractivity contribution in [1.82, 2.24) is 24.7 Å². The number of aliphatic imine (C=N–C) groups is 1. The van der Waals surface area contributed by atoms with Crippen LogP contribution >= 0.6 is 24.0 Å². The first-order chi connectivity index (χ1) is 12.6. The van der Waals surface area contributed by atoms with Gasteiger partial charge in [0.1, 0.15) is 0 Å². The number of nitrogens with zero attached hydrogens (tertiary/aromatic N) is 6. The fraction of sp³-hybridized carbons (Fsp3) is 0.778. The zero-order valence-corrected chi connectivity index (χ0v) is 19.3. The topological polar surface area (TPSA) is 61.2 Å². The van der Waals surface area contributed by atoms with Gasteiger partial charge >= 0.3 is 0 Å². The summed E-state index contributed by atoms with van der Waals surface area (Å²) in [6.07, 6.45) is 3.14. The van der Waals surface area contributed by atoms with Crippen LogP contribution in [0.3, 0.4) is 0 Å². The first-order valence-corrected chi connectivity index (χ1v) is 9.52. The van der Waals surface area contributed by atoms with Crippen LogP contribution in [0.15, 0.2) is 11.2 Å².